The van der Waals surface area contributed by atoms with Gasteiger partial charge in [-0.15, -0.1) is 0 Å². The molecule has 3 rings (SSSR count). The van der Waals surface area contributed by atoms with Crippen molar-refractivity contribution in [1.29, 1.82) is 0 Å². The van der Waals surface area contributed by atoms with Crippen LogP contribution in [0.1, 0.15) is 44.4 Å². The Balaban J connectivity index is 0.000000509. The van der Waals surface area contributed by atoms with Crippen LogP contribution in [0.3, 0.4) is 0 Å². The van der Waals surface area contributed by atoms with E-state index in [1.165, 1.54) is 18.2 Å². The molecule has 1 heterocycles. The number of hydrogen-bond donors (Lipinski definition) is 2. The molecule has 0 aliphatic heterocycles. The largest absolute Gasteiger partial charge is 0.490 e. The summed E-state index contributed by atoms with van der Waals surface area (Å²) in [7, 11) is -3.37. The molecule has 0 saturated heterocycles. The molecule has 1 fully saturated rings. The molecule has 0 radical (unpaired) electrons. The highest BCUT2D eigenvalue weighted by Gasteiger charge is 2.38. The molecule has 0 amide bonds. The van der Waals surface area contributed by atoms with E-state index >= 15 is 0 Å². The topological polar surface area (TPSA) is 136 Å². The fraction of sp³-hybridized carbons (Fsp3) is 0.450. The van der Waals surface area contributed by atoms with Gasteiger partial charge in [-0.05, 0) is 49.5 Å². The predicted octanol–water partition coefficient (Wildman–Crippen LogP) is 4.66. The fourth-order valence-electron chi connectivity index (χ4n) is 3.09. The van der Waals surface area contributed by atoms with Crippen LogP contribution in [-0.2, 0) is 14.6 Å². The van der Waals surface area contributed by atoms with Crippen LogP contribution >= 0.6 is 11.6 Å². The number of carboxylic acid groups (broad SMARTS) is 1. The number of allylic oxidation sites excluding steroid dienone is 1. The van der Waals surface area contributed by atoms with Gasteiger partial charge in [0, 0.05) is 11.8 Å². The van der Waals surface area contributed by atoms with Gasteiger partial charge in [0.15, 0.2) is 9.84 Å². The first-order valence-electron chi connectivity index (χ1n) is 9.89. The molecule has 1 aromatic heterocycles. The number of rotatable bonds is 5. The molecule has 0 bridgehead atoms. The molecule has 0 spiro atoms. The summed E-state index contributed by atoms with van der Waals surface area (Å²) < 4.78 is 74.8. The zero-order chi connectivity index (χ0) is 25.8. The number of carbonyl (C=O) groups is 1. The number of aliphatic carboxylic acids is 1. The second-order valence-corrected chi connectivity index (χ2v) is 10.1. The summed E-state index contributed by atoms with van der Waals surface area (Å²) in [4.78, 5) is 13.3. The molecular formula is C20H22ClF4N3O5S. The smallest absolute Gasteiger partial charge is 0.475 e. The Labute approximate surface area is 197 Å². The van der Waals surface area contributed by atoms with Crippen LogP contribution in [0.4, 0.5) is 17.6 Å². The lowest BCUT2D eigenvalue weighted by atomic mass is 9.98. The number of hydrogen-bond acceptors (Lipinski definition) is 7. The maximum Gasteiger partial charge on any atom is 0.490 e. The molecular weight excluding hydrogens is 506 g/mol. The van der Waals surface area contributed by atoms with Gasteiger partial charge in [0.25, 0.3) is 0 Å². The van der Waals surface area contributed by atoms with Gasteiger partial charge in [-0.25, -0.2) is 17.6 Å². The molecule has 2 aromatic rings. The lowest BCUT2D eigenvalue weighted by Crippen LogP contribution is -2.28. The zero-order valence-electron chi connectivity index (χ0n) is 18.1. The quantitative estimate of drug-likeness (QED) is 0.536. The van der Waals surface area contributed by atoms with Crippen LogP contribution in [0.2, 0.25) is 5.02 Å². The molecule has 2 atom stereocenters. The Bertz CT molecular complexity index is 1170. The molecule has 1 aliphatic carbocycles. The average molecular weight is 528 g/mol. The van der Waals surface area contributed by atoms with Gasteiger partial charge in [-0.3, -0.25) is 0 Å². The molecule has 1 saturated carbocycles. The van der Waals surface area contributed by atoms with Gasteiger partial charge < -0.3 is 15.4 Å². The first-order valence-corrected chi connectivity index (χ1v) is 12.2. The van der Waals surface area contributed by atoms with Crippen molar-refractivity contribution in [2.75, 3.05) is 6.26 Å². The number of nitrogens with two attached hydrogens (primary N) is 1. The average Bonchev–Trinajstić information content (AvgIpc) is 3.43. The number of sulfone groups is 1. The van der Waals surface area contributed by atoms with E-state index in [0.29, 0.717) is 5.56 Å². The van der Waals surface area contributed by atoms with E-state index in [9.17, 15) is 26.0 Å². The van der Waals surface area contributed by atoms with Gasteiger partial charge >= 0.3 is 12.1 Å². The van der Waals surface area contributed by atoms with Gasteiger partial charge in [0.05, 0.1) is 21.9 Å². The van der Waals surface area contributed by atoms with Crippen molar-refractivity contribution in [3.05, 3.63) is 40.5 Å². The van der Waals surface area contributed by atoms with Crippen LogP contribution in [0, 0.1) is 0 Å². The maximum atomic E-state index is 14.6. The molecule has 188 valence electrons. The Morgan fingerprint density at radius 2 is 1.82 bits per heavy atom. The summed E-state index contributed by atoms with van der Waals surface area (Å²) in [5, 5.41) is 11.2. The van der Waals surface area contributed by atoms with Crippen molar-refractivity contribution in [1.82, 2.24) is 10.1 Å². The van der Waals surface area contributed by atoms with E-state index in [0.717, 1.165) is 37.5 Å². The van der Waals surface area contributed by atoms with Gasteiger partial charge in [-0.2, -0.15) is 18.2 Å². The van der Waals surface area contributed by atoms with E-state index in [-0.39, 0.29) is 27.5 Å². The van der Waals surface area contributed by atoms with E-state index in [2.05, 4.69) is 10.1 Å². The fourth-order valence-corrected chi connectivity index (χ4v) is 4.06. The van der Waals surface area contributed by atoms with E-state index in [1.54, 1.807) is 6.92 Å². The summed E-state index contributed by atoms with van der Waals surface area (Å²) in [6.07, 6.45) is -0.540. The SMILES string of the molecule is CC(c1nc(-c2ccc(S(C)(=O)=O)cc2Cl)no1)[C@H](N)C(F)=C1CCCC1.O=C(O)C(F)(F)F. The van der Waals surface area contributed by atoms with Crippen LogP contribution in [0.25, 0.3) is 11.4 Å². The number of benzene rings is 1. The van der Waals surface area contributed by atoms with Crippen LogP contribution in [-0.4, -0.2) is 48.1 Å². The van der Waals surface area contributed by atoms with Crippen molar-refractivity contribution < 1.29 is 40.4 Å². The Morgan fingerprint density at radius 3 is 2.29 bits per heavy atom. The Hall–Kier alpha value is -2.51. The van der Waals surface area contributed by atoms with Gasteiger partial charge in [0.2, 0.25) is 11.7 Å². The number of aromatic nitrogens is 2. The number of nitrogens with zero attached hydrogens (tertiary/aromatic N) is 2. The highest BCUT2D eigenvalue weighted by molar-refractivity contribution is 7.90. The van der Waals surface area contributed by atoms with Crippen molar-refractivity contribution in [3.63, 3.8) is 0 Å². The third-order valence-electron chi connectivity index (χ3n) is 5.06. The predicted molar refractivity (Wildman–Crippen MR) is 115 cm³/mol. The molecule has 1 unspecified atom stereocenters. The molecule has 1 aliphatic rings. The standard InChI is InChI=1S/C18H21ClFN3O3S.C2HF3O2/c1-10(16(21)15(20)11-5-3-4-6-11)18-22-17(23-26-18)13-8-7-12(9-14(13)19)27(2,24)25;3-2(4,5)1(6)7/h7-10,16H,3-6,21H2,1-2H3;(H,6,7)/t10?,16-;/m0./s1. The van der Waals surface area contributed by atoms with Crippen molar-refractivity contribution in [2.45, 2.75) is 55.6 Å². The second kappa shape index (κ2) is 10.8. The zero-order valence-corrected chi connectivity index (χ0v) is 19.6. The van der Waals surface area contributed by atoms with Crippen LogP contribution in [0.5, 0.6) is 0 Å². The Kier molecular flexibility index (Phi) is 8.83. The number of carboxylic acids is 1. The highest BCUT2D eigenvalue weighted by atomic mass is 35.5. The molecule has 3 N–H and O–H groups in total. The summed E-state index contributed by atoms with van der Waals surface area (Å²) in [6, 6.07) is 3.42. The minimum Gasteiger partial charge on any atom is -0.475 e. The van der Waals surface area contributed by atoms with E-state index in [4.69, 9.17) is 31.8 Å². The third-order valence-corrected chi connectivity index (χ3v) is 6.48. The highest BCUT2D eigenvalue weighted by Crippen LogP contribution is 2.33. The van der Waals surface area contributed by atoms with E-state index in [1.807, 2.05) is 0 Å². The summed E-state index contributed by atoms with van der Waals surface area (Å²) in [5.74, 6) is -3.16. The molecule has 1 aromatic carbocycles. The Morgan fingerprint density at radius 1 is 1.26 bits per heavy atom. The minimum absolute atomic E-state index is 0.0978. The van der Waals surface area contributed by atoms with Gasteiger partial charge in [0.1, 0.15) is 5.83 Å². The van der Waals surface area contributed by atoms with Crippen LogP contribution < -0.4 is 5.73 Å². The molecule has 14 heteroatoms. The lowest BCUT2D eigenvalue weighted by Gasteiger charge is -2.16. The van der Waals surface area contributed by atoms with Crippen molar-refractivity contribution in [3.8, 4) is 11.4 Å². The molecule has 8 nitrogen and oxygen atoms in total. The van der Waals surface area contributed by atoms with Crippen molar-refractivity contribution >= 4 is 27.4 Å². The monoisotopic (exact) mass is 527 g/mol. The first-order chi connectivity index (χ1) is 15.6. The summed E-state index contributed by atoms with van der Waals surface area (Å²) in [6.45, 7) is 1.73. The number of alkyl halides is 3. The molecule has 34 heavy (non-hydrogen) atoms. The minimum atomic E-state index is -5.08. The second-order valence-electron chi connectivity index (χ2n) is 7.65. The summed E-state index contributed by atoms with van der Waals surface area (Å²) >= 11 is 6.18. The van der Waals surface area contributed by atoms with Crippen molar-refractivity contribution in [2.24, 2.45) is 5.73 Å². The van der Waals surface area contributed by atoms with Gasteiger partial charge in [-0.1, -0.05) is 23.7 Å². The number of halogens is 5. The first kappa shape index (κ1) is 27.7. The normalized spacial score (nSPS) is 15.9. The lowest BCUT2D eigenvalue weighted by molar-refractivity contribution is -0.192. The summed E-state index contributed by atoms with van der Waals surface area (Å²) in [5.41, 5.74) is 7.26. The van der Waals surface area contributed by atoms with E-state index < -0.39 is 33.9 Å². The van der Waals surface area contributed by atoms with Crippen LogP contribution in [0.15, 0.2) is 39.0 Å². The maximum absolute atomic E-state index is 14.6. The third kappa shape index (κ3) is 7.00.